The molecule has 0 saturated heterocycles. The fourth-order valence-corrected chi connectivity index (χ4v) is 2.07. The maximum atomic E-state index is 11.6. The van der Waals surface area contributed by atoms with E-state index in [0.29, 0.717) is 6.04 Å². The molecule has 0 unspecified atom stereocenters. The van der Waals surface area contributed by atoms with Gasteiger partial charge >= 0.3 is 0 Å². The molecule has 1 fully saturated rings. The fourth-order valence-electron chi connectivity index (χ4n) is 2.07. The Bertz CT molecular complexity index is 610. The monoisotopic (exact) mass is 263 g/mol. The molecule has 1 aliphatic rings. The third-order valence-electron chi connectivity index (χ3n) is 3.37. The SMILES string of the molecule is O=C(C=Cc1ccc(-c2ccccc2)cc1)NC1CC1. The molecule has 1 saturated carbocycles. The fraction of sp³-hybridized carbons (Fsp3) is 0.167. The van der Waals surface area contributed by atoms with Gasteiger partial charge in [0.15, 0.2) is 0 Å². The Balaban J connectivity index is 1.66. The van der Waals surface area contributed by atoms with Crippen molar-refractivity contribution in [3.8, 4) is 11.1 Å². The van der Waals surface area contributed by atoms with Gasteiger partial charge in [0, 0.05) is 12.1 Å². The molecule has 0 atom stereocenters. The number of carbonyl (C=O) groups is 1. The highest BCUT2D eigenvalue weighted by Crippen LogP contribution is 2.20. The molecule has 0 radical (unpaired) electrons. The van der Waals surface area contributed by atoms with E-state index in [1.807, 2.05) is 36.4 Å². The lowest BCUT2D eigenvalue weighted by molar-refractivity contribution is -0.116. The second kappa shape index (κ2) is 5.74. The van der Waals surface area contributed by atoms with Gasteiger partial charge in [0.05, 0.1) is 0 Å². The number of carbonyl (C=O) groups excluding carboxylic acids is 1. The summed E-state index contributed by atoms with van der Waals surface area (Å²) in [5, 5.41) is 2.94. The predicted molar refractivity (Wildman–Crippen MR) is 82.1 cm³/mol. The van der Waals surface area contributed by atoms with E-state index >= 15 is 0 Å². The van der Waals surface area contributed by atoms with E-state index in [-0.39, 0.29) is 5.91 Å². The quantitative estimate of drug-likeness (QED) is 0.838. The largest absolute Gasteiger partial charge is 0.350 e. The van der Waals surface area contributed by atoms with Crippen LogP contribution in [0.4, 0.5) is 0 Å². The van der Waals surface area contributed by atoms with Crippen LogP contribution in [0.25, 0.3) is 17.2 Å². The van der Waals surface area contributed by atoms with Crippen molar-refractivity contribution < 1.29 is 4.79 Å². The summed E-state index contributed by atoms with van der Waals surface area (Å²) in [5.41, 5.74) is 3.43. The molecule has 0 heterocycles. The van der Waals surface area contributed by atoms with Crippen molar-refractivity contribution in [1.29, 1.82) is 0 Å². The van der Waals surface area contributed by atoms with Gasteiger partial charge in [0.25, 0.3) is 0 Å². The number of amides is 1. The van der Waals surface area contributed by atoms with Crippen molar-refractivity contribution in [2.75, 3.05) is 0 Å². The summed E-state index contributed by atoms with van der Waals surface area (Å²) in [6, 6.07) is 18.9. The Morgan fingerprint density at radius 1 is 0.950 bits per heavy atom. The molecule has 1 aliphatic carbocycles. The Hall–Kier alpha value is -2.35. The number of hydrogen-bond donors (Lipinski definition) is 1. The van der Waals surface area contributed by atoms with Gasteiger partial charge in [0.2, 0.25) is 5.91 Å². The van der Waals surface area contributed by atoms with Gasteiger partial charge in [-0.05, 0) is 35.6 Å². The van der Waals surface area contributed by atoms with Gasteiger partial charge < -0.3 is 5.32 Å². The van der Waals surface area contributed by atoms with Crippen LogP contribution < -0.4 is 5.32 Å². The molecule has 3 rings (SSSR count). The van der Waals surface area contributed by atoms with Gasteiger partial charge in [-0.3, -0.25) is 4.79 Å². The average molecular weight is 263 g/mol. The Labute approximate surface area is 119 Å². The summed E-state index contributed by atoms with van der Waals surface area (Å²) in [6.07, 6.45) is 5.69. The minimum absolute atomic E-state index is 0.000337. The molecule has 0 bridgehead atoms. The normalized spacial score (nSPS) is 14.4. The average Bonchev–Trinajstić information content (AvgIpc) is 3.31. The molecule has 0 aromatic heterocycles. The maximum absolute atomic E-state index is 11.6. The first-order valence-electron chi connectivity index (χ1n) is 6.95. The predicted octanol–water partition coefficient (Wildman–Crippen LogP) is 3.65. The lowest BCUT2D eigenvalue weighted by Crippen LogP contribution is -2.22. The zero-order valence-corrected chi connectivity index (χ0v) is 11.3. The van der Waals surface area contributed by atoms with E-state index in [1.165, 1.54) is 11.1 Å². The molecule has 100 valence electrons. The second-order valence-corrected chi connectivity index (χ2v) is 5.10. The minimum atomic E-state index is -0.000337. The molecule has 2 aromatic carbocycles. The van der Waals surface area contributed by atoms with E-state index in [1.54, 1.807) is 6.08 Å². The zero-order chi connectivity index (χ0) is 13.8. The van der Waals surface area contributed by atoms with Crippen LogP contribution in [0.1, 0.15) is 18.4 Å². The van der Waals surface area contributed by atoms with Crippen LogP contribution in [0.2, 0.25) is 0 Å². The Kier molecular flexibility index (Phi) is 3.64. The lowest BCUT2D eigenvalue weighted by Gasteiger charge is -2.02. The first-order valence-corrected chi connectivity index (χ1v) is 6.95. The van der Waals surface area contributed by atoms with E-state index in [2.05, 4.69) is 29.6 Å². The van der Waals surface area contributed by atoms with Crippen LogP contribution in [0.3, 0.4) is 0 Å². The van der Waals surface area contributed by atoms with Crippen molar-refractivity contribution in [3.63, 3.8) is 0 Å². The van der Waals surface area contributed by atoms with Gasteiger partial charge in [-0.2, -0.15) is 0 Å². The molecular weight excluding hydrogens is 246 g/mol. The maximum Gasteiger partial charge on any atom is 0.244 e. The third-order valence-corrected chi connectivity index (χ3v) is 3.37. The van der Waals surface area contributed by atoms with Crippen molar-refractivity contribution in [1.82, 2.24) is 5.32 Å². The summed E-state index contributed by atoms with van der Waals surface area (Å²) >= 11 is 0. The number of hydrogen-bond acceptors (Lipinski definition) is 1. The molecule has 1 N–H and O–H groups in total. The first kappa shape index (κ1) is 12.7. The molecule has 2 heteroatoms. The van der Waals surface area contributed by atoms with E-state index in [0.717, 1.165) is 18.4 Å². The van der Waals surface area contributed by atoms with Crippen LogP contribution in [0.5, 0.6) is 0 Å². The van der Waals surface area contributed by atoms with Crippen molar-refractivity contribution in [3.05, 3.63) is 66.2 Å². The van der Waals surface area contributed by atoms with Gasteiger partial charge in [0.1, 0.15) is 0 Å². The molecule has 1 amide bonds. The summed E-state index contributed by atoms with van der Waals surface area (Å²) in [5.74, 6) is -0.000337. The number of nitrogens with one attached hydrogen (secondary N) is 1. The molecule has 2 aromatic rings. The highest BCUT2D eigenvalue weighted by molar-refractivity contribution is 5.92. The van der Waals surface area contributed by atoms with Crippen LogP contribution in [0, 0.1) is 0 Å². The van der Waals surface area contributed by atoms with Crippen LogP contribution in [-0.2, 0) is 4.79 Å². The van der Waals surface area contributed by atoms with Gasteiger partial charge in [-0.15, -0.1) is 0 Å². The summed E-state index contributed by atoms with van der Waals surface area (Å²) in [6.45, 7) is 0. The molecule has 0 spiro atoms. The molecular formula is C18H17NO. The lowest BCUT2D eigenvalue weighted by atomic mass is 10.0. The Morgan fingerprint density at radius 3 is 2.25 bits per heavy atom. The highest BCUT2D eigenvalue weighted by atomic mass is 16.1. The van der Waals surface area contributed by atoms with Crippen LogP contribution in [0.15, 0.2) is 60.7 Å². The molecule has 0 aliphatic heterocycles. The summed E-state index contributed by atoms with van der Waals surface area (Å²) in [7, 11) is 0. The van der Waals surface area contributed by atoms with Crippen LogP contribution >= 0.6 is 0 Å². The summed E-state index contributed by atoms with van der Waals surface area (Å²) < 4.78 is 0. The summed E-state index contributed by atoms with van der Waals surface area (Å²) in [4.78, 5) is 11.6. The topological polar surface area (TPSA) is 29.1 Å². The standard InChI is InChI=1S/C18H17NO/c20-18(19-17-11-12-17)13-8-14-6-9-16(10-7-14)15-4-2-1-3-5-15/h1-10,13,17H,11-12H2,(H,19,20). The van der Waals surface area contributed by atoms with Gasteiger partial charge in [-0.1, -0.05) is 54.6 Å². The van der Waals surface area contributed by atoms with Crippen molar-refractivity contribution in [2.45, 2.75) is 18.9 Å². The number of rotatable bonds is 4. The zero-order valence-electron chi connectivity index (χ0n) is 11.3. The molecule has 20 heavy (non-hydrogen) atoms. The second-order valence-electron chi connectivity index (χ2n) is 5.10. The first-order chi connectivity index (χ1) is 9.81. The van der Waals surface area contributed by atoms with Crippen molar-refractivity contribution in [2.24, 2.45) is 0 Å². The Morgan fingerprint density at radius 2 is 1.60 bits per heavy atom. The highest BCUT2D eigenvalue weighted by Gasteiger charge is 2.21. The smallest absolute Gasteiger partial charge is 0.244 e. The van der Waals surface area contributed by atoms with E-state index in [9.17, 15) is 4.79 Å². The van der Waals surface area contributed by atoms with E-state index < -0.39 is 0 Å². The third kappa shape index (κ3) is 3.35. The van der Waals surface area contributed by atoms with Gasteiger partial charge in [-0.25, -0.2) is 0 Å². The van der Waals surface area contributed by atoms with Crippen LogP contribution in [-0.4, -0.2) is 11.9 Å². The van der Waals surface area contributed by atoms with Crippen molar-refractivity contribution >= 4 is 12.0 Å². The molecule has 2 nitrogen and oxygen atoms in total. The van der Waals surface area contributed by atoms with E-state index in [4.69, 9.17) is 0 Å². The number of benzene rings is 2. The minimum Gasteiger partial charge on any atom is -0.350 e.